The minimum Gasteiger partial charge on any atom is -0.396 e. The first kappa shape index (κ1) is 17.9. The van der Waals surface area contributed by atoms with Gasteiger partial charge in [-0.1, -0.05) is 26.7 Å². The van der Waals surface area contributed by atoms with E-state index in [1.807, 2.05) is 0 Å². The zero-order valence-corrected chi connectivity index (χ0v) is 14.3. The maximum absolute atomic E-state index is 12.3. The molecule has 2 rings (SSSR count). The maximum atomic E-state index is 12.3. The molecule has 1 amide bonds. The lowest BCUT2D eigenvalue weighted by molar-refractivity contribution is 0.0935. The van der Waals surface area contributed by atoms with Crippen LogP contribution in [-0.4, -0.2) is 34.1 Å². The van der Waals surface area contributed by atoms with Crippen molar-refractivity contribution in [1.29, 1.82) is 0 Å². The highest BCUT2D eigenvalue weighted by Gasteiger charge is 2.21. The predicted octanol–water partition coefficient (Wildman–Crippen LogP) is 2.91. The van der Waals surface area contributed by atoms with E-state index in [4.69, 9.17) is 5.11 Å². The van der Waals surface area contributed by atoms with Crippen molar-refractivity contribution in [3.63, 3.8) is 0 Å². The monoisotopic (exact) mass is 319 g/mol. The van der Waals surface area contributed by atoms with Gasteiger partial charge in [-0.2, -0.15) is 0 Å². The Kier molecular flexibility index (Phi) is 6.96. The number of nitrogens with zero attached hydrogens (tertiary/aromatic N) is 2. The molecule has 2 N–H and O–H groups in total. The van der Waals surface area contributed by atoms with Crippen LogP contribution >= 0.6 is 0 Å². The second-order valence-corrected chi connectivity index (χ2v) is 7.00. The SMILES string of the molecule is CC(C)CC(CCO)CNC(=O)c1ccnc(C2CCCC2)n1. The second-order valence-electron chi connectivity index (χ2n) is 7.00. The topological polar surface area (TPSA) is 75.1 Å². The molecule has 0 spiro atoms. The van der Waals surface area contributed by atoms with Gasteiger partial charge in [0.15, 0.2) is 0 Å². The van der Waals surface area contributed by atoms with E-state index < -0.39 is 0 Å². The molecule has 0 aliphatic heterocycles. The van der Waals surface area contributed by atoms with Gasteiger partial charge in [-0.05, 0) is 43.6 Å². The third kappa shape index (κ3) is 5.57. The molecular formula is C18H29N3O2. The molecule has 128 valence electrons. The summed E-state index contributed by atoms with van der Waals surface area (Å²) in [6.07, 6.45) is 8.10. The van der Waals surface area contributed by atoms with E-state index in [2.05, 4.69) is 29.1 Å². The van der Waals surface area contributed by atoms with Gasteiger partial charge in [0.25, 0.3) is 5.91 Å². The first-order valence-electron chi connectivity index (χ1n) is 8.82. The van der Waals surface area contributed by atoms with Gasteiger partial charge in [-0.25, -0.2) is 9.97 Å². The maximum Gasteiger partial charge on any atom is 0.270 e. The van der Waals surface area contributed by atoms with Gasteiger partial charge < -0.3 is 10.4 Å². The Balaban J connectivity index is 1.92. The predicted molar refractivity (Wildman–Crippen MR) is 90.2 cm³/mol. The number of hydrogen-bond acceptors (Lipinski definition) is 4. The lowest BCUT2D eigenvalue weighted by Gasteiger charge is -2.18. The third-order valence-corrected chi connectivity index (χ3v) is 4.52. The van der Waals surface area contributed by atoms with Gasteiger partial charge in [0, 0.05) is 25.3 Å². The van der Waals surface area contributed by atoms with Crippen LogP contribution in [0.4, 0.5) is 0 Å². The highest BCUT2D eigenvalue weighted by atomic mass is 16.3. The fourth-order valence-corrected chi connectivity index (χ4v) is 3.36. The van der Waals surface area contributed by atoms with Gasteiger partial charge in [0.05, 0.1) is 0 Å². The summed E-state index contributed by atoms with van der Waals surface area (Å²) in [5.74, 6) is 1.94. The quantitative estimate of drug-likeness (QED) is 0.772. The van der Waals surface area contributed by atoms with Gasteiger partial charge in [-0.3, -0.25) is 4.79 Å². The van der Waals surface area contributed by atoms with Gasteiger partial charge in [-0.15, -0.1) is 0 Å². The smallest absolute Gasteiger partial charge is 0.270 e. The molecule has 1 aromatic rings. The Labute approximate surface area is 138 Å². The Hall–Kier alpha value is -1.49. The van der Waals surface area contributed by atoms with Gasteiger partial charge in [0.2, 0.25) is 0 Å². The van der Waals surface area contributed by atoms with E-state index in [1.165, 1.54) is 12.8 Å². The summed E-state index contributed by atoms with van der Waals surface area (Å²) in [5, 5.41) is 12.1. The molecule has 1 unspecified atom stereocenters. The number of aliphatic hydroxyl groups excluding tert-OH is 1. The first-order chi connectivity index (χ1) is 11.1. The van der Waals surface area contributed by atoms with E-state index >= 15 is 0 Å². The fourth-order valence-electron chi connectivity index (χ4n) is 3.36. The molecule has 0 radical (unpaired) electrons. The van der Waals surface area contributed by atoms with E-state index in [1.54, 1.807) is 12.3 Å². The molecule has 1 atom stereocenters. The van der Waals surface area contributed by atoms with Crippen molar-refractivity contribution < 1.29 is 9.90 Å². The molecule has 0 bridgehead atoms. The fraction of sp³-hybridized carbons (Fsp3) is 0.722. The Morgan fingerprint density at radius 1 is 1.39 bits per heavy atom. The van der Waals surface area contributed by atoms with Crippen molar-refractivity contribution in [3.05, 3.63) is 23.8 Å². The van der Waals surface area contributed by atoms with Gasteiger partial charge in [0.1, 0.15) is 11.5 Å². The zero-order valence-electron chi connectivity index (χ0n) is 14.3. The largest absolute Gasteiger partial charge is 0.396 e. The van der Waals surface area contributed by atoms with Crippen LogP contribution in [0.1, 0.15) is 74.6 Å². The molecule has 1 aliphatic carbocycles. The minimum atomic E-state index is -0.140. The number of carbonyl (C=O) groups is 1. The first-order valence-corrected chi connectivity index (χ1v) is 8.82. The number of rotatable bonds is 8. The standard InChI is InChI=1S/C18H29N3O2/c1-13(2)11-14(8-10-22)12-20-18(23)16-7-9-19-17(21-16)15-5-3-4-6-15/h7,9,13-15,22H,3-6,8,10-12H2,1-2H3,(H,20,23). The zero-order chi connectivity index (χ0) is 16.7. The van der Waals surface area contributed by atoms with Crippen LogP contribution in [0, 0.1) is 11.8 Å². The third-order valence-electron chi connectivity index (χ3n) is 4.52. The Morgan fingerprint density at radius 2 is 2.13 bits per heavy atom. The molecule has 5 heteroatoms. The average Bonchev–Trinajstić information content (AvgIpc) is 3.06. The van der Waals surface area contributed by atoms with Crippen LogP contribution in [0.15, 0.2) is 12.3 Å². The minimum absolute atomic E-state index is 0.140. The highest BCUT2D eigenvalue weighted by molar-refractivity contribution is 5.92. The summed E-state index contributed by atoms with van der Waals surface area (Å²) in [6.45, 7) is 5.06. The van der Waals surface area contributed by atoms with Gasteiger partial charge >= 0.3 is 0 Å². The van der Waals surface area contributed by atoms with Crippen LogP contribution in [0.2, 0.25) is 0 Å². The van der Waals surface area contributed by atoms with Crippen molar-refractivity contribution in [2.45, 2.75) is 58.3 Å². The van der Waals surface area contributed by atoms with Crippen LogP contribution in [0.3, 0.4) is 0 Å². The number of carbonyl (C=O) groups excluding carboxylic acids is 1. The average molecular weight is 319 g/mol. The normalized spacial score (nSPS) is 16.7. The molecule has 1 fully saturated rings. The van der Waals surface area contributed by atoms with E-state index in [9.17, 15) is 4.79 Å². The summed E-state index contributed by atoms with van der Waals surface area (Å²) in [7, 11) is 0. The molecule has 23 heavy (non-hydrogen) atoms. The molecule has 1 heterocycles. The molecule has 1 saturated carbocycles. The number of aromatic nitrogens is 2. The molecule has 1 aromatic heterocycles. The van der Waals surface area contributed by atoms with Crippen LogP contribution < -0.4 is 5.32 Å². The summed E-state index contributed by atoms with van der Waals surface area (Å²) in [6, 6.07) is 1.68. The van der Waals surface area contributed by atoms with E-state index in [-0.39, 0.29) is 12.5 Å². The van der Waals surface area contributed by atoms with Crippen molar-refractivity contribution in [2.75, 3.05) is 13.2 Å². The van der Waals surface area contributed by atoms with Crippen LogP contribution in [0.25, 0.3) is 0 Å². The highest BCUT2D eigenvalue weighted by Crippen LogP contribution is 2.31. The van der Waals surface area contributed by atoms with Crippen LogP contribution in [0.5, 0.6) is 0 Å². The number of nitrogens with one attached hydrogen (secondary N) is 1. The summed E-state index contributed by atoms with van der Waals surface area (Å²) < 4.78 is 0. The van der Waals surface area contributed by atoms with Crippen molar-refractivity contribution in [1.82, 2.24) is 15.3 Å². The second kappa shape index (κ2) is 8.96. The summed E-state index contributed by atoms with van der Waals surface area (Å²) >= 11 is 0. The Bertz CT molecular complexity index is 499. The summed E-state index contributed by atoms with van der Waals surface area (Å²) in [5.41, 5.74) is 0.453. The Morgan fingerprint density at radius 3 is 2.78 bits per heavy atom. The molecule has 5 nitrogen and oxygen atoms in total. The number of amides is 1. The summed E-state index contributed by atoms with van der Waals surface area (Å²) in [4.78, 5) is 21.2. The molecule has 0 aromatic carbocycles. The van der Waals surface area contributed by atoms with Crippen molar-refractivity contribution in [3.8, 4) is 0 Å². The van der Waals surface area contributed by atoms with E-state index in [0.717, 1.165) is 31.5 Å². The van der Waals surface area contributed by atoms with Crippen molar-refractivity contribution in [2.24, 2.45) is 11.8 Å². The molecule has 0 saturated heterocycles. The number of hydrogen-bond donors (Lipinski definition) is 2. The lowest BCUT2D eigenvalue weighted by atomic mass is 9.94. The number of aliphatic hydroxyl groups is 1. The van der Waals surface area contributed by atoms with Crippen molar-refractivity contribution >= 4 is 5.91 Å². The lowest BCUT2D eigenvalue weighted by Crippen LogP contribution is -2.31. The van der Waals surface area contributed by atoms with Crippen LogP contribution in [-0.2, 0) is 0 Å². The van der Waals surface area contributed by atoms with E-state index in [0.29, 0.717) is 30.0 Å². The molecular weight excluding hydrogens is 290 g/mol. The molecule has 1 aliphatic rings.